The maximum absolute atomic E-state index is 12.0. The molecule has 1 aromatic carbocycles. The summed E-state index contributed by atoms with van der Waals surface area (Å²) in [5, 5.41) is 8.92. The van der Waals surface area contributed by atoms with Gasteiger partial charge in [0.2, 0.25) is 5.91 Å². The normalized spacial score (nSPS) is 15.5. The Bertz CT molecular complexity index is 516. The van der Waals surface area contributed by atoms with E-state index in [1.165, 1.54) is 0 Å². The quantitative estimate of drug-likeness (QED) is 0.640. The van der Waals surface area contributed by atoms with E-state index in [1.54, 1.807) is 6.07 Å². The van der Waals surface area contributed by atoms with E-state index in [1.807, 2.05) is 12.1 Å². The van der Waals surface area contributed by atoms with Crippen molar-refractivity contribution in [3.8, 4) is 0 Å². The van der Waals surface area contributed by atoms with Crippen LogP contribution in [-0.4, -0.2) is 36.1 Å². The number of nitrogens with two attached hydrogens (primary N) is 2. The van der Waals surface area contributed by atoms with E-state index >= 15 is 0 Å². The number of carbonyl (C=O) groups excluding carboxylic acids is 2. The first-order valence-corrected chi connectivity index (χ1v) is 6.13. The number of rotatable bonds is 4. The molecule has 0 spiro atoms. The summed E-state index contributed by atoms with van der Waals surface area (Å²) in [5.74, 6) is -0.883. The third kappa shape index (κ3) is 2.51. The van der Waals surface area contributed by atoms with Gasteiger partial charge in [0.15, 0.2) is 0 Å². The van der Waals surface area contributed by atoms with E-state index < -0.39 is 18.6 Å². The molecule has 0 aromatic heterocycles. The fourth-order valence-electron chi connectivity index (χ4n) is 2.18. The van der Waals surface area contributed by atoms with E-state index in [-0.39, 0.29) is 12.3 Å². The van der Waals surface area contributed by atoms with Crippen LogP contribution in [0.3, 0.4) is 0 Å². The summed E-state index contributed by atoms with van der Waals surface area (Å²) in [4.78, 5) is 24.9. The van der Waals surface area contributed by atoms with Crippen LogP contribution < -0.4 is 16.4 Å². The number of amides is 2. The fourth-order valence-corrected chi connectivity index (χ4v) is 2.18. The van der Waals surface area contributed by atoms with Gasteiger partial charge in [-0.1, -0.05) is 12.1 Å². The number of aliphatic hydroxyl groups is 1. The minimum atomic E-state index is -1.07. The minimum Gasteiger partial charge on any atom is -0.394 e. The molecule has 102 valence electrons. The second-order valence-corrected chi connectivity index (χ2v) is 4.53. The summed E-state index contributed by atoms with van der Waals surface area (Å²) in [5.41, 5.74) is 13.4. The van der Waals surface area contributed by atoms with Gasteiger partial charge in [0.05, 0.1) is 18.7 Å². The average Bonchev–Trinajstić information content (AvgIpc) is 2.72. The first-order valence-electron chi connectivity index (χ1n) is 6.13. The standard InChI is InChI=1S/C13H17N3O3/c14-4-3-8-1-2-11-9(5-8)6-12(18)16(11)13(19)10(15)7-17/h1-2,5,10,17H,3-4,6-7,14-15H2. The van der Waals surface area contributed by atoms with Gasteiger partial charge < -0.3 is 16.6 Å². The number of imide groups is 1. The lowest BCUT2D eigenvalue weighted by Crippen LogP contribution is -2.47. The van der Waals surface area contributed by atoms with Crippen LogP contribution in [0.4, 0.5) is 5.69 Å². The van der Waals surface area contributed by atoms with Gasteiger partial charge in [0.1, 0.15) is 6.04 Å². The third-order valence-corrected chi connectivity index (χ3v) is 3.14. The first-order chi connectivity index (χ1) is 9.08. The van der Waals surface area contributed by atoms with Crippen molar-refractivity contribution in [2.75, 3.05) is 18.1 Å². The van der Waals surface area contributed by atoms with Crippen LogP contribution in [-0.2, 0) is 22.4 Å². The molecular formula is C13H17N3O3. The van der Waals surface area contributed by atoms with Crippen molar-refractivity contribution in [3.05, 3.63) is 29.3 Å². The van der Waals surface area contributed by atoms with E-state index in [0.29, 0.717) is 12.2 Å². The van der Waals surface area contributed by atoms with Crippen LogP contribution in [0.15, 0.2) is 18.2 Å². The first kappa shape index (κ1) is 13.7. The molecule has 2 rings (SSSR count). The Morgan fingerprint density at radius 1 is 1.47 bits per heavy atom. The molecule has 0 fully saturated rings. The van der Waals surface area contributed by atoms with Gasteiger partial charge in [-0.3, -0.25) is 9.59 Å². The topological polar surface area (TPSA) is 110 Å². The second-order valence-electron chi connectivity index (χ2n) is 4.53. The van der Waals surface area contributed by atoms with Crippen molar-refractivity contribution in [2.45, 2.75) is 18.9 Å². The summed E-state index contributed by atoms with van der Waals surface area (Å²) in [6.45, 7) is 0.0496. The number of benzene rings is 1. The van der Waals surface area contributed by atoms with Crippen molar-refractivity contribution in [2.24, 2.45) is 11.5 Å². The summed E-state index contributed by atoms with van der Waals surface area (Å²) >= 11 is 0. The Labute approximate surface area is 111 Å². The highest BCUT2D eigenvalue weighted by molar-refractivity contribution is 6.20. The predicted octanol–water partition coefficient (Wildman–Crippen LogP) is -1.08. The molecule has 0 radical (unpaired) electrons. The maximum Gasteiger partial charge on any atom is 0.253 e. The third-order valence-electron chi connectivity index (χ3n) is 3.14. The molecule has 1 aliphatic heterocycles. The van der Waals surface area contributed by atoms with Gasteiger partial charge >= 0.3 is 0 Å². The number of nitrogens with zero attached hydrogens (tertiary/aromatic N) is 1. The SMILES string of the molecule is NCCc1ccc2c(c1)CC(=O)N2C(=O)C(N)CO. The number of anilines is 1. The number of hydrogen-bond acceptors (Lipinski definition) is 5. The Kier molecular flexibility index (Phi) is 3.94. The van der Waals surface area contributed by atoms with Crippen LogP contribution in [0.5, 0.6) is 0 Å². The lowest BCUT2D eigenvalue weighted by atomic mass is 10.1. The summed E-state index contributed by atoms with van der Waals surface area (Å²) in [6.07, 6.45) is 0.906. The summed E-state index contributed by atoms with van der Waals surface area (Å²) in [6, 6.07) is 4.39. The summed E-state index contributed by atoms with van der Waals surface area (Å²) < 4.78 is 0. The molecule has 0 saturated heterocycles. The molecule has 19 heavy (non-hydrogen) atoms. The van der Waals surface area contributed by atoms with Crippen molar-refractivity contribution in [1.29, 1.82) is 0 Å². The zero-order valence-corrected chi connectivity index (χ0v) is 10.5. The number of aliphatic hydroxyl groups excluding tert-OH is 1. The van der Waals surface area contributed by atoms with Crippen molar-refractivity contribution >= 4 is 17.5 Å². The van der Waals surface area contributed by atoms with Gasteiger partial charge in [0, 0.05) is 0 Å². The second kappa shape index (κ2) is 5.48. The molecule has 6 heteroatoms. The molecule has 0 bridgehead atoms. The van der Waals surface area contributed by atoms with Crippen molar-refractivity contribution in [3.63, 3.8) is 0 Å². The monoisotopic (exact) mass is 263 g/mol. The van der Waals surface area contributed by atoms with Gasteiger partial charge in [-0.25, -0.2) is 4.90 Å². The van der Waals surface area contributed by atoms with Crippen LogP contribution in [0, 0.1) is 0 Å². The maximum atomic E-state index is 12.0. The Hall–Kier alpha value is -1.76. The lowest BCUT2D eigenvalue weighted by molar-refractivity contribution is -0.126. The molecule has 5 N–H and O–H groups in total. The Morgan fingerprint density at radius 2 is 2.21 bits per heavy atom. The van der Waals surface area contributed by atoms with Crippen molar-refractivity contribution < 1.29 is 14.7 Å². The van der Waals surface area contributed by atoms with Crippen LogP contribution in [0.2, 0.25) is 0 Å². The minimum absolute atomic E-state index is 0.178. The van der Waals surface area contributed by atoms with E-state index in [2.05, 4.69) is 0 Å². The molecule has 1 unspecified atom stereocenters. The molecule has 6 nitrogen and oxygen atoms in total. The zero-order valence-electron chi connectivity index (χ0n) is 10.5. The highest BCUT2D eigenvalue weighted by atomic mass is 16.3. The molecule has 0 aliphatic carbocycles. The Balaban J connectivity index is 2.32. The zero-order chi connectivity index (χ0) is 14.0. The van der Waals surface area contributed by atoms with Gasteiger partial charge in [0.25, 0.3) is 5.91 Å². The number of hydrogen-bond donors (Lipinski definition) is 3. The van der Waals surface area contributed by atoms with Crippen LogP contribution in [0.25, 0.3) is 0 Å². The molecule has 0 saturated carbocycles. The smallest absolute Gasteiger partial charge is 0.253 e. The summed E-state index contributed by atoms with van der Waals surface area (Å²) in [7, 11) is 0. The molecule has 1 aliphatic rings. The van der Waals surface area contributed by atoms with Gasteiger partial charge in [-0.2, -0.15) is 0 Å². The molecule has 1 atom stereocenters. The van der Waals surface area contributed by atoms with Crippen LogP contribution >= 0.6 is 0 Å². The van der Waals surface area contributed by atoms with E-state index in [9.17, 15) is 9.59 Å². The highest BCUT2D eigenvalue weighted by Crippen LogP contribution is 2.30. The average molecular weight is 263 g/mol. The largest absolute Gasteiger partial charge is 0.394 e. The molecule has 1 heterocycles. The predicted molar refractivity (Wildman–Crippen MR) is 70.5 cm³/mol. The Morgan fingerprint density at radius 3 is 2.84 bits per heavy atom. The highest BCUT2D eigenvalue weighted by Gasteiger charge is 2.34. The van der Waals surface area contributed by atoms with Crippen LogP contribution in [0.1, 0.15) is 11.1 Å². The van der Waals surface area contributed by atoms with E-state index in [4.69, 9.17) is 16.6 Å². The van der Waals surface area contributed by atoms with Gasteiger partial charge in [-0.15, -0.1) is 0 Å². The number of carbonyl (C=O) groups is 2. The van der Waals surface area contributed by atoms with E-state index in [0.717, 1.165) is 22.4 Å². The molecular weight excluding hydrogens is 246 g/mol. The molecule has 2 amide bonds. The number of fused-ring (bicyclic) bond motifs is 1. The van der Waals surface area contributed by atoms with Gasteiger partial charge in [-0.05, 0) is 30.2 Å². The fraction of sp³-hybridized carbons (Fsp3) is 0.385. The lowest BCUT2D eigenvalue weighted by Gasteiger charge is -2.18. The van der Waals surface area contributed by atoms with Crippen molar-refractivity contribution in [1.82, 2.24) is 0 Å². The molecule has 1 aromatic rings.